The molecule has 1 fully saturated rings. The third kappa shape index (κ3) is 3.44. The minimum atomic E-state index is -1.02. The Labute approximate surface area is 173 Å². The Bertz CT molecular complexity index is 1090. The van der Waals surface area contributed by atoms with Crippen LogP contribution < -0.4 is 5.63 Å². The highest BCUT2D eigenvalue weighted by molar-refractivity contribution is 6.08. The quantitative estimate of drug-likeness (QED) is 0.326. The van der Waals surface area contributed by atoms with Crippen LogP contribution in [0.4, 0.5) is 0 Å². The normalized spacial score (nSPS) is 21.7. The number of nitrogens with zero attached hydrogens (tertiary/aromatic N) is 1. The van der Waals surface area contributed by atoms with Crippen molar-refractivity contribution in [3.63, 3.8) is 0 Å². The maximum absolute atomic E-state index is 12.7. The van der Waals surface area contributed by atoms with Crippen molar-refractivity contribution in [3.8, 4) is 0 Å². The van der Waals surface area contributed by atoms with E-state index in [4.69, 9.17) is 9.15 Å². The summed E-state index contributed by atoms with van der Waals surface area (Å²) in [5.74, 6) is -2.12. The average molecular weight is 409 g/mol. The summed E-state index contributed by atoms with van der Waals surface area (Å²) in [6.45, 7) is 3.34. The van der Waals surface area contributed by atoms with Crippen LogP contribution in [0.1, 0.15) is 37.8 Å². The van der Waals surface area contributed by atoms with Crippen LogP contribution in [0.2, 0.25) is 0 Å². The van der Waals surface area contributed by atoms with Gasteiger partial charge in [-0.25, -0.2) is 9.59 Å². The second-order valence-electron chi connectivity index (χ2n) is 7.76. The number of ether oxygens (including phenoxy) is 1. The van der Waals surface area contributed by atoms with E-state index in [2.05, 4.69) is 0 Å². The number of hydrogen-bond acceptors (Lipinski definition) is 6. The highest BCUT2D eigenvalue weighted by atomic mass is 16.5. The molecule has 2 aromatic rings. The minimum Gasteiger partial charge on any atom is -0.459 e. The first-order valence-corrected chi connectivity index (χ1v) is 10.1. The molecule has 0 radical (unpaired) electrons. The van der Waals surface area contributed by atoms with Crippen LogP contribution >= 0.6 is 0 Å². The van der Waals surface area contributed by atoms with Crippen LogP contribution in [0, 0.1) is 11.8 Å². The first-order valence-electron chi connectivity index (χ1n) is 10.1. The number of carbonyl (C=O) groups excluding carboxylic acids is 3. The van der Waals surface area contributed by atoms with Crippen molar-refractivity contribution in [1.29, 1.82) is 0 Å². The molecule has 3 atom stereocenters. The van der Waals surface area contributed by atoms with Gasteiger partial charge in [0.25, 0.3) is 0 Å². The molecule has 2 heterocycles. The number of benzene rings is 1. The van der Waals surface area contributed by atoms with Crippen LogP contribution in [0.25, 0.3) is 11.0 Å². The molecule has 7 heteroatoms. The van der Waals surface area contributed by atoms with Crippen LogP contribution in [0.3, 0.4) is 0 Å². The van der Waals surface area contributed by atoms with Crippen molar-refractivity contribution in [1.82, 2.24) is 4.90 Å². The Morgan fingerprint density at radius 3 is 2.43 bits per heavy atom. The first-order chi connectivity index (χ1) is 14.4. The van der Waals surface area contributed by atoms with Gasteiger partial charge in [0.05, 0.1) is 11.8 Å². The van der Waals surface area contributed by atoms with Crippen LogP contribution in [0.15, 0.2) is 45.6 Å². The molecule has 1 aliphatic carbocycles. The number of rotatable bonds is 5. The smallest absolute Gasteiger partial charge is 0.336 e. The van der Waals surface area contributed by atoms with Crippen LogP contribution in [0.5, 0.6) is 0 Å². The summed E-state index contributed by atoms with van der Waals surface area (Å²) in [4.78, 5) is 50.9. The number of likely N-dealkylation sites (tertiary alicyclic amines) is 1. The predicted molar refractivity (Wildman–Crippen MR) is 108 cm³/mol. The van der Waals surface area contributed by atoms with Gasteiger partial charge >= 0.3 is 11.6 Å². The summed E-state index contributed by atoms with van der Waals surface area (Å²) in [6.07, 6.45) is 5.62. The topological polar surface area (TPSA) is 93.9 Å². The van der Waals surface area contributed by atoms with Gasteiger partial charge in [-0.05, 0) is 37.8 Å². The largest absolute Gasteiger partial charge is 0.459 e. The number of fused-ring (bicyclic) bond motifs is 2. The molecule has 2 amide bonds. The maximum atomic E-state index is 12.7. The zero-order chi connectivity index (χ0) is 21.4. The zero-order valence-corrected chi connectivity index (χ0v) is 16.9. The summed E-state index contributed by atoms with van der Waals surface area (Å²) in [6, 6.07) is 5.82. The molecule has 2 aliphatic rings. The lowest BCUT2D eigenvalue weighted by molar-refractivity contribution is -0.159. The second kappa shape index (κ2) is 7.89. The Morgan fingerprint density at radius 2 is 1.80 bits per heavy atom. The number of aryl methyl sites for hydroxylation is 1. The molecule has 1 saturated heterocycles. The van der Waals surface area contributed by atoms with Crippen molar-refractivity contribution in [2.75, 3.05) is 0 Å². The number of esters is 1. The average Bonchev–Trinajstić information content (AvgIpc) is 3.01. The van der Waals surface area contributed by atoms with E-state index in [0.29, 0.717) is 29.4 Å². The van der Waals surface area contributed by atoms with E-state index in [9.17, 15) is 19.2 Å². The predicted octanol–water partition coefficient (Wildman–Crippen LogP) is 2.74. The Balaban J connectivity index is 1.50. The van der Waals surface area contributed by atoms with Crippen molar-refractivity contribution in [2.24, 2.45) is 11.8 Å². The monoisotopic (exact) mass is 409 g/mol. The fourth-order valence-electron chi connectivity index (χ4n) is 4.20. The molecule has 1 aromatic carbocycles. The molecule has 156 valence electrons. The third-order valence-electron chi connectivity index (χ3n) is 5.94. The molecule has 1 aliphatic heterocycles. The van der Waals surface area contributed by atoms with Gasteiger partial charge in [-0.2, -0.15) is 0 Å². The van der Waals surface area contributed by atoms with Gasteiger partial charge in [-0.3, -0.25) is 14.5 Å². The molecule has 1 aromatic heterocycles. The Hall–Kier alpha value is -3.22. The number of hydrogen-bond donors (Lipinski definition) is 0. The highest BCUT2D eigenvalue weighted by Gasteiger charge is 2.50. The summed E-state index contributed by atoms with van der Waals surface area (Å²) in [7, 11) is 0. The van der Waals surface area contributed by atoms with Gasteiger partial charge < -0.3 is 9.15 Å². The first kappa shape index (κ1) is 20.1. The Morgan fingerprint density at radius 1 is 1.13 bits per heavy atom. The minimum absolute atomic E-state index is 0.151. The van der Waals surface area contributed by atoms with Crippen LogP contribution in [-0.2, 0) is 32.1 Å². The molecule has 0 bridgehead atoms. The lowest BCUT2D eigenvalue weighted by Crippen LogP contribution is -2.44. The van der Waals surface area contributed by atoms with Crippen molar-refractivity contribution in [2.45, 2.75) is 45.8 Å². The molecular formula is C23H23NO6. The Kier molecular flexibility index (Phi) is 5.28. The molecule has 0 saturated carbocycles. The zero-order valence-electron chi connectivity index (χ0n) is 16.9. The van der Waals surface area contributed by atoms with Gasteiger partial charge in [-0.1, -0.05) is 31.2 Å². The van der Waals surface area contributed by atoms with Crippen LogP contribution in [-0.4, -0.2) is 28.7 Å². The van der Waals surface area contributed by atoms with E-state index in [0.717, 1.165) is 16.9 Å². The fourth-order valence-corrected chi connectivity index (χ4v) is 4.20. The van der Waals surface area contributed by atoms with Gasteiger partial charge in [0.1, 0.15) is 18.2 Å². The van der Waals surface area contributed by atoms with Crippen molar-refractivity contribution < 1.29 is 23.5 Å². The molecule has 0 spiro atoms. The third-order valence-corrected chi connectivity index (χ3v) is 5.94. The molecule has 30 heavy (non-hydrogen) atoms. The van der Waals surface area contributed by atoms with Crippen molar-refractivity contribution >= 4 is 28.8 Å². The molecular weight excluding hydrogens is 386 g/mol. The molecule has 0 N–H and O–H groups in total. The number of allylic oxidation sites excluding steroid dienone is 2. The van der Waals surface area contributed by atoms with E-state index >= 15 is 0 Å². The van der Waals surface area contributed by atoms with E-state index in [1.165, 1.54) is 13.0 Å². The van der Waals surface area contributed by atoms with E-state index in [1.807, 2.05) is 31.2 Å². The number of carbonyl (C=O) groups is 3. The lowest BCUT2D eigenvalue weighted by Gasteiger charge is -2.21. The summed E-state index contributed by atoms with van der Waals surface area (Å²) < 4.78 is 10.7. The standard InChI is InChI=1S/C23H23NO6/c1-3-14-8-9-16-15(11-20(25)30-19(16)10-14)12-29-23(28)13(2)24-21(26)17-6-4-5-7-18(17)22(24)27/h4-5,8-11,13,17-18H,3,6-7,12H2,1-2H3/t13-,17-,18-/m0/s1. The van der Waals surface area contributed by atoms with E-state index in [-0.39, 0.29) is 18.4 Å². The van der Waals surface area contributed by atoms with Gasteiger partial charge in [0, 0.05) is 17.0 Å². The lowest BCUT2D eigenvalue weighted by atomic mass is 9.85. The SMILES string of the molecule is CCc1ccc2c(COC(=O)[C@H](C)N3C(=O)[C@H]4CC=CC[C@@H]4C3=O)cc(=O)oc2c1. The van der Waals surface area contributed by atoms with Gasteiger partial charge in [0.2, 0.25) is 11.8 Å². The summed E-state index contributed by atoms with van der Waals surface area (Å²) >= 11 is 0. The molecule has 7 nitrogen and oxygen atoms in total. The highest BCUT2D eigenvalue weighted by Crippen LogP contribution is 2.36. The number of imide groups is 1. The van der Waals surface area contributed by atoms with Crippen molar-refractivity contribution in [3.05, 3.63) is 58.0 Å². The second-order valence-corrected chi connectivity index (χ2v) is 7.76. The fraction of sp³-hybridized carbons (Fsp3) is 0.391. The molecule has 4 rings (SSSR count). The number of amides is 2. The maximum Gasteiger partial charge on any atom is 0.336 e. The summed E-state index contributed by atoms with van der Waals surface area (Å²) in [5.41, 5.74) is 1.44. The van der Waals surface area contributed by atoms with Gasteiger partial charge in [-0.15, -0.1) is 0 Å². The van der Waals surface area contributed by atoms with E-state index < -0.39 is 29.5 Å². The van der Waals surface area contributed by atoms with Gasteiger partial charge in [0.15, 0.2) is 0 Å². The van der Waals surface area contributed by atoms with E-state index in [1.54, 1.807) is 6.07 Å². The molecule has 0 unspecified atom stereocenters. The summed E-state index contributed by atoms with van der Waals surface area (Å²) in [5, 5.41) is 0.678.